The molecular formula is C32H29F3N6O3S. The number of benzene rings is 2. The fourth-order valence-corrected chi connectivity index (χ4v) is 6.35. The molecule has 13 heteroatoms. The summed E-state index contributed by atoms with van der Waals surface area (Å²) in [5, 5.41) is 0.558. The van der Waals surface area contributed by atoms with E-state index in [1.807, 2.05) is 41.3 Å². The number of amides is 2. The number of hydrogen-bond acceptors (Lipinski definition) is 7. The molecule has 0 saturated carbocycles. The van der Waals surface area contributed by atoms with Crippen molar-refractivity contribution in [2.24, 2.45) is 5.73 Å². The van der Waals surface area contributed by atoms with Crippen LogP contribution in [0.4, 0.5) is 13.2 Å². The van der Waals surface area contributed by atoms with E-state index in [4.69, 9.17) is 10.5 Å². The van der Waals surface area contributed by atoms with Gasteiger partial charge in [0.25, 0.3) is 11.8 Å². The maximum Gasteiger partial charge on any atom is 0.416 e. The number of imidazole rings is 1. The third-order valence-electron chi connectivity index (χ3n) is 7.71. The number of rotatable bonds is 8. The zero-order valence-corrected chi connectivity index (χ0v) is 25.0. The van der Waals surface area contributed by atoms with Crippen molar-refractivity contribution in [3.63, 3.8) is 0 Å². The number of nitrogens with two attached hydrogens (primary N) is 1. The zero-order chi connectivity index (χ0) is 31.7. The van der Waals surface area contributed by atoms with Crippen LogP contribution in [0.15, 0.2) is 79.3 Å². The SMILES string of the molecule is C[C@@H](Oc1cc(-n2cnc3cnc(CN4CCN(C(=O)c5ccccc5)CC4)cc32)sc1C(N)=O)c1ccccc1C(F)(F)F. The molecule has 0 spiro atoms. The number of pyridine rings is 1. The lowest BCUT2D eigenvalue weighted by molar-refractivity contribution is -0.139. The highest BCUT2D eigenvalue weighted by atomic mass is 32.1. The summed E-state index contributed by atoms with van der Waals surface area (Å²) in [7, 11) is 0. The first kappa shape index (κ1) is 30.3. The number of carbonyl (C=O) groups is 2. The number of hydrogen-bond donors (Lipinski definition) is 1. The second-order valence-electron chi connectivity index (χ2n) is 10.7. The van der Waals surface area contributed by atoms with Crippen LogP contribution in [-0.2, 0) is 12.7 Å². The molecule has 0 bridgehead atoms. The van der Waals surface area contributed by atoms with Crippen molar-refractivity contribution in [1.29, 1.82) is 0 Å². The van der Waals surface area contributed by atoms with Crippen molar-refractivity contribution < 1.29 is 27.5 Å². The smallest absolute Gasteiger partial charge is 0.416 e. The Morgan fingerprint density at radius 2 is 1.71 bits per heavy atom. The van der Waals surface area contributed by atoms with E-state index in [0.29, 0.717) is 48.8 Å². The van der Waals surface area contributed by atoms with Crippen LogP contribution < -0.4 is 10.5 Å². The van der Waals surface area contributed by atoms with E-state index in [1.54, 1.807) is 23.2 Å². The van der Waals surface area contributed by atoms with E-state index in [-0.39, 0.29) is 22.1 Å². The zero-order valence-electron chi connectivity index (χ0n) is 24.2. The normalized spacial score (nSPS) is 14.9. The van der Waals surface area contributed by atoms with Gasteiger partial charge in [-0.3, -0.25) is 24.0 Å². The molecule has 1 aliphatic heterocycles. The Bertz CT molecular complexity index is 1850. The molecule has 1 aliphatic rings. The van der Waals surface area contributed by atoms with Gasteiger partial charge in [-0.05, 0) is 31.2 Å². The Hall–Kier alpha value is -4.75. The quantitative estimate of drug-likeness (QED) is 0.235. The number of aromatic nitrogens is 3. The minimum absolute atomic E-state index is 0.0206. The van der Waals surface area contributed by atoms with Gasteiger partial charge in [-0.2, -0.15) is 13.2 Å². The first-order chi connectivity index (χ1) is 21.6. The van der Waals surface area contributed by atoms with E-state index in [0.717, 1.165) is 28.6 Å². The molecular weight excluding hydrogens is 605 g/mol. The summed E-state index contributed by atoms with van der Waals surface area (Å²) in [6.45, 7) is 4.66. The minimum atomic E-state index is -4.56. The second-order valence-corrected chi connectivity index (χ2v) is 11.7. The number of alkyl halides is 3. The van der Waals surface area contributed by atoms with Crippen LogP contribution >= 0.6 is 11.3 Å². The average molecular weight is 635 g/mol. The number of primary amides is 1. The van der Waals surface area contributed by atoms with Crippen molar-refractivity contribution in [2.45, 2.75) is 25.7 Å². The number of carbonyl (C=O) groups excluding carboxylic acids is 2. The lowest BCUT2D eigenvalue weighted by Crippen LogP contribution is -2.48. The summed E-state index contributed by atoms with van der Waals surface area (Å²) < 4.78 is 48.6. The van der Waals surface area contributed by atoms with Crippen molar-refractivity contribution in [1.82, 2.24) is 24.3 Å². The average Bonchev–Trinajstić information content (AvgIpc) is 3.65. The van der Waals surface area contributed by atoms with Crippen LogP contribution in [-0.4, -0.2) is 62.3 Å². The van der Waals surface area contributed by atoms with Crippen LogP contribution in [0.25, 0.3) is 16.0 Å². The molecule has 0 aliphatic carbocycles. The Morgan fingerprint density at radius 3 is 2.42 bits per heavy atom. The standard InChI is InChI=1S/C32H29F3N6O3S/c1-20(23-9-5-6-10-24(23)32(33,34)35)44-27-16-28(45-29(27)30(36)42)41-19-38-25-17-37-22(15-26(25)41)18-39-11-13-40(14-12-39)31(43)21-7-3-2-4-8-21/h2-10,15-17,19-20H,11-14,18H2,1H3,(H2,36,42)/t20-/m1/s1. The minimum Gasteiger partial charge on any atom is -0.484 e. The molecule has 1 atom stereocenters. The molecule has 5 aromatic rings. The van der Waals surface area contributed by atoms with Crippen molar-refractivity contribution in [3.05, 3.63) is 107 Å². The van der Waals surface area contributed by atoms with Gasteiger partial charge in [0.05, 0.1) is 23.0 Å². The Morgan fingerprint density at radius 1 is 1.00 bits per heavy atom. The summed E-state index contributed by atoms with van der Waals surface area (Å²) in [5.74, 6) is -0.646. The van der Waals surface area contributed by atoms with E-state index >= 15 is 0 Å². The Labute approximate surface area is 260 Å². The van der Waals surface area contributed by atoms with Crippen LogP contribution in [0, 0.1) is 0 Å². The van der Waals surface area contributed by atoms with Gasteiger partial charge in [0.1, 0.15) is 33.6 Å². The fraction of sp³-hybridized carbons (Fsp3) is 0.250. The molecule has 232 valence electrons. The summed E-state index contributed by atoms with van der Waals surface area (Å²) in [6, 6.07) is 17.9. The predicted molar refractivity (Wildman–Crippen MR) is 163 cm³/mol. The maximum atomic E-state index is 13.6. The van der Waals surface area contributed by atoms with E-state index in [1.165, 1.54) is 25.1 Å². The monoisotopic (exact) mass is 634 g/mol. The number of halogens is 3. The van der Waals surface area contributed by atoms with Gasteiger partial charge >= 0.3 is 6.18 Å². The van der Waals surface area contributed by atoms with E-state index in [9.17, 15) is 22.8 Å². The van der Waals surface area contributed by atoms with E-state index in [2.05, 4.69) is 14.9 Å². The number of thiophene rings is 1. The molecule has 45 heavy (non-hydrogen) atoms. The molecule has 1 fully saturated rings. The van der Waals surface area contributed by atoms with Gasteiger partial charge in [0.15, 0.2) is 0 Å². The third-order valence-corrected chi connectivity index (χ3v) is 8.84. The van der Waals surface area contributed by atoms with Gasteiger partial charge in [-0.1, -0.05) is 36.4 Å². The van der Waals surface area contributed by atoms with E-state index < -0.39 is 23.8 Å². The fourth-order valence-electron chi connectivity index (χ4n) is 5.42. The van der Waals surface area contributed by atoms with Crippen LogP contribution in [0.2, 0.25) is 0 Å². The van der Waals surface area contributed by atoms with Crippen LogP contribution in [0.1, 0.15) is 49.9 Å². The van der Waals surface area contributed by atoms with Gasteiger partial charge in [0.2, 0.25) is 0 Å². The molecule has 2 amide bonds. The van der Waals surface area contributed by atoms with Crippen molar-refractivity contribution in [2.75, 3.05) is 26.2 Å². The molecule has 3 aromatic heterocycles. The Balaban J connectivity index is 1.20. The lowest BCUT2D eigenvalue weighted by atomic mass is 10.0. The first-order valence-electron chi connectivity index (χ1n) is 14.2. The maximum absolute atomic E-state index is 13.6. The van der Waals surface area contributed by atoms with Gasteiger partial charge < -0.3 is 15.4 Å². The summed E-state index contributed by atoms with van der Waals surface area (Å²) in [6.07, 6.45) is -2.31. The summed E-state index contributed by atoms with van der Waals surface area (Å²) in [4.78, 5) is 38.3. The lowest BCUT2D eigenvalue weighted by Gasteiger charge is -2.34. The highest BCUT2D eigenvalue weighted by Crippen LogP contribution is 2.39. The number of ether oxygens (including phenoxy) is 1. The van der Waals surface area contributed by atoms with Gasteiger partial charge in [-0.15, -0.1) is 11.3 Å². The highest BCUT2D eigenvalue weighted by Gasteiger charge is 2.35. The topological polar surface area (TPSA) is 107 Å². The molecule has 2 N–H and O–H groups in total. The number of nitrogens with zero attached hydrogens (tertiary/aromatic N) is 5. The molecule has 0 radical (unpaired) electrons. The number of fused-ring (bicyclic) bond motifs is 1. The van der Waals surface area contributed by atoms with Gasteiger partial charge in [-0.25, -0.2) is 4.98 Å². The molecule has 9 nitrogen and oxygen atoms in total. The largest absolute Gasteiger partial charge is 0.484 e. The van der Waals surface area contributed by atoms with Crippen molar-refractivity contribution in [3.8, 4) is 10.8 Å². The molecule has 6 rings (SSSR count). The molecule has 0 unspecified atom stereocenters. The third kappa shape index (κ3) is 6.40. The Kier molecular flexibility index (Phi) is 8.30. The predicted octanol–water partition coefficient (Wildman–Crippen LogP) is 5.70. The number of piperazine rings is 1. The first-order valence-corrected chi connectivity index (χ1v) is 15.1. The molecule has 1 saturated heterocycles. The second kappa shape index (κ2) is 12.3. The van der Waals surface area contributed by atoms with Crippen LogP contribution in [0.5, 0.6) is 5.75 Å². The summed E-state index contributed by atoms with van der Waals surface area (Å²) in [5.41, 5.74) is 7.62. The summed E-state index contributed by atoms with van der Waals surface area (Å²) >= 11 is 1.06. The molecule has 4 heterocycles. The van der Waals surface area contributed by atoms with Gasteiger partial charge in [0, 0.05) is 49.9 Å². The van der Waals surface area contributed by atoms with Crippen LogP contribution in [0.3, 0.4) is 0 Å². The highest BCUT2D eigenvalue weighted by molar-refractivity contribution is 7.16. The van der Waals surface area contributed by atoms with Crippen molar-refractivity contribution >= 4 is 34.2 Å². The molecule has 2 aromatic carbocycles.